The number of aromatic amines is 1. The number of aromatic nitrogens is 3. The fourth-order valence-corrected chi connectivity index (χ4v) is 2.43. The van der Waals surface area contributed by atoms with Gasteiger partial charge in [-0.05, 0) is 31.2 Å². The molecule has 0 bridgehead atoms. The van der Waals surface area contributed by atoms with Crippen molar-refractivity contribution in [3.63, 3.8) is 0 Å². The molecule has 0 spiro atoms. The van der Waals surface area contributed by atoms with E-state index in [1.165, 1.54) is 0 Å². The highest BCUT2D eigenvalue weighted by Gasteiger charge is 2.18. The first kappa shape index (κ1) is 17.0. The van der Waals surface area contributed by atoms with Crippen molar-refractivity contribution in [2.24, 2.45) is 0 Å². The van der Waals surface area contributed by atoms with Crippen molar-refractivity contribution >= 4 is 16.8 Å². The van der Waals surface area contributed by atoms with Gasteiger partial charge in [-0.25, -0.2) is 0 Å². The summed E-state index contributed by atoms with van der Waals surface area (Å²) in [4.78, 5) is 19.8. The molecule has 3 rings (SSSR count). The summed E-state index contributed by atoms with van der Waals surface area (Å²) < 4.78 is 15.4. The van der Waals surface area contributed by atoms with Crippen LogP contribution in [0, 0.1) is 0 Å². The van der Waals surface area contributed by atoms with Crippen LogP contribution in [0.1, 0.15) is 35.2 Å². The van der Waals surface area contributed by atoms with Gasteiger partial charge in [0.25, 0.3) is 5.91 Å². The number of hydrogen-bond donors (Lipinski definition) is 2. The smallest absolute Gasteiger partial charge is 0.268 e. The Morgan fingerprint density at radius 1 is 1.36 bits per heavy atom. The average molecular weight is 344 g/mol. The van der Waals surface area contributed by atoms with Crippen molar-refractivity contribution in [1.29, 1.82) is 0 Å². The number of carbonyl (C=O) groups excluding carboxylic acids is 1. The molecule has 0 aliphatic rings. The van der Waals surface area contributed by atoms with Crippen LogP contribution >= 0.6 is 0 Å². The molecular formula is C17H20N4O4. The number of fused-ring (bicyclic) bond motifs is 1. The second kappa shape index (κ2) is 7.35. The predicted octanol–water partition coefficient (Wildman–Crippen LogP) is 2.24. The van der Waals surface area contributed by atoms with Gasteiger partial charge in [-0.2, -0.15) is 4.98 Å². The first-order chi connectivity index (χ1) is 12.1. The zero-order valence-electron chi connectivity index (χ0n) is 14.3. The Balaban J connectivity index is 1.69. The summed E-state index contributed by atoms with van der Waals surface area (Å²) in [6.45, 7) is 2.30. The van der Waals surface area contributed by atoms with Crippen molar-refractivity contribution in [3.8, 4) is 5.75 Å². The van der Waals surface area contributed by atoms with Crippen molar-refractivity contribution in [2.75, 3.05) is 20.8 Å². The zero-order chi connectivity index (χ0) is 17.8. The quantitative estimate of drug-likeness (QED) is 0.681. The molecule has 1 amide bonds. The molecule has 8 heteroatoms. The largest absolute Gasteiger partial charge is 0.497 e. The van der Waals surface area contributed by atoms with Gasteiger partial charge in [-0.1, -0.05) is 5.16 Å². The van der Waals surface area contributed by atoms with E-state index in [4.69, 9.17) is 14.0 Å². The number of rotatable bonds is 7. The maximum Gasteiger partial charge on any atom is 0.268 e. The van der Waals surface area contributed by atoms with Crippen LogP contribution in [0.3, 0.4) is 0 Å². The van der Waals surface area contributed by atoms with Gasteiger partial charge in [-0.3, -0.25) is 4.79 Å². The van der Waals surface area contributed by atoms with E-state index in [2.05, 4.69) is 20.4 Å². The standard InChI is InChI=1S/C17H20N4O4/c1-10(17-20-15(21-25-17)6-7-23-2)18-16(22)14-9-11-8-12(24-3)4-5-13(11)19-14/h4-5,8-10,19H,6-7H2,1-3H3,(H,18,22)/t10-/m1/s1. The minimum atomic E-state index is -0.405. The Bertz CT molecular complexity index is 871. The third-order valence-electron chi connectivity index (χ3n) is 3.80. The van der Waals surface area contributed by atoms with Crippen molar-refractivity contribution in [3.05, 3.63) is 41.7 Å². The summed E-state index contributed by atoms with van der Waals surface area (Å²) in [5.74, 6) is 1.40. The third-order valence-corrected chi connectivity index (χ3v) is 3.80. The Labute approximate surface area is 144 Å². The number of nitrogens with one attached hydrogen (secondary N) is 2. The zero-order valence-corrected chi connectivity index (χ0v) is 14.3. The summed E-state index contributed by atoms with van der Waals surface area (Å²) in [7, 11) is 3.22. The Kier molecular flexibility index (Phi) is 4.99. The SMILES string of the molecule is COCCc1noc([C@@H](C)NC(=O)c2cc3cc(OC)ccc3[nH]2)n1. The van der Waals surface area contributed by atoms with E-state index >= 15 is 0 Å². The number of hydrogen-bond acceptors (Lipinski definition) is 6. The van der Waals surface area contributed by atoms with E-state index in [1.807, 2.05) is 18.2 Å². The molecule has 2 heterocycles. The molecule has 8 nitrogen and oxygen atoms in total. The van der Waals surface area contributed by atoms with Gasteiger partial charge in [-0.15, -0.1) is 0 Å². The van der Waals surface area contributed by atoms with Crippen LogP contribution in [0.2, 0.25) is 0 Å². The second-order valence-electron chi connectivity index (χ2n) is 5.62. The van der Waals surface area contributed by atoms with E-state index in [1.54, 1.807) is 27.2 Å². The van der Waals surface area contributed by atoms with Gasteiger partial charge in [0, 0.05) is 24.4 Å². The number of nitrogens with zero attached hydrogens (tertiary/aromatic N) is 2. The molecule has 25 heavy (non-hydrogen) atoms. The van der Waals surface area contributed by atoms with Gasteiger partial charge in [0.15, 0.2) is 5.82 Å². The molecular weight excluding hydrogens is 324 g/mol. The Morgan fingerprint density at radius 3 is 2.96 bits per heavy atom. The fraction of sp³-hybridized carbons (Fsp3) is 0.353. The van der Waals surface area contributed by atoms with Crippen molar-refractivity contribution in [2.45, 2.75) is 19.4 Å². The van der Waals surface area contributed by atoms with Gasteiger partial charge >= 0.3 is 0 Å². The van der Waals surface area contributed by atoms with E-state index in [9.17, 15) is 4.79 Å². The lowest BCUT2D eigenvalue weighted by Crippen LogP contribution is -2.27. The molecule has 0 fully saturated rings. The van der Waals surface area contributed by atoms with E-state index in [0.29, 0.717) is 30.4 Å². The van der Waals surface area contributed by atoms with Gasteiger partial charge < -0.3 is 24.3 Å². The maximum absolute atomic E-state index is 12.4. The van der Waals surface area contributed by atoms with Crippen LogP contribution in [-0.4, -0.2) is 41.9 Å². The molecule has 3 aromatic rings. The van der Waals surface area contributed by atoms with Crippen molar-refractivity contribution in [1.82, 2.24) is 20.4 Å². The fourth-order valence-electron chi connectivity index (χ4n) is 2.43. The molecule has 1 aromatic carbocycles. The highest BCUT2D eigenvalue weighted by molar-refractivity contribution is 5.98. The van der Waals surface area contributed by atoms with Crippen LogP contribution in [0.4, 0.5) is 0 Å². The van der Waals surface area contributed by atoms with E-state index in [0.717, 1.165) is 16.7 Å². The second-order valence-corrected chi connectivity index (χ2v) is 5.62. The number of amides is 1. The van der Waals surface area contributed by atoms with Crippen LogP contribution in [0.5, 0.6) is 5.75 Å². The number of H-pyrrole nitrogens is 1. The number of benzene rings is 1. The maximum atomic E-state index is 12.4. The van der Waals surface area contributed by atoms with Crippen LogP contribution < -0.4 is 10.1 Å². The number of carbonyl (C=O) groups is 1. The van der Waals surface area contributed by atoms with Crippen LogP contribution in [0.15, 0.2) is 28.8 Å². The van der Waals surface area contributed by atoms with Gasteiger partial charge in [0.2, 0.25) is 5.89 Å². The lowest BCUT2D eigenvalue weighted by Gasteiger charge is -2.08. The summed E-state index contributed by atoms with van der Waals surface area (Å²) in [6, 6.07) is 6.94. The van der Waals surface area contributed by atoms with Gasteiger partial charge in [0.05, 0.1) is 13.7 Å². The first-order valence-electron chi connectivity index (χ1n) is 7.89. The molecule has 2 N–H and O–H groups in total. The highest BCUT2D eigenvalue weighted by atomic mass is 16.5. The molecule has 2 aromatic heterocycles. The molecule has 0 saturated carbocycles. The van der Waals surface area contributed by atoms with Gasteiger partial charge in [0.1, 0.15) is 17.5 Å². The van der Waals surface area contributed by atoms with E-state index in [-0.39, 0.29) is 5.91 Å². The normalized spacial score (nSPS) is 12.3. The minimum absolute atomic E-state index is 0.251. The molecule has 132 valence electrons. The lowest BCUT2D eigenvalue weighted by molar-refractivity contribution is 0.0928. The minimum Gasteiger partial charge on any atom is -0.497 e. The molecule has 1 atom stereocenters. The Hall–Kier alpha value is -2.87. The number of methoxy groups -OCH3 is 2. The lowest BCUT2D eigenvalue weighted by atomic mass is 10.2. The molecule has 0 saturated heterocycles. The third kappa shape index (κ3) is 3.80. The predicted molar refractivity (Wildman–Crippen MR) is 90.6 cm³/mol. The van der Waals surface area contributed by atoms with Crippen LogP contribution in [-0.2, 0) is 11.2 Å². The summed E-state index contributed by atoms with van der Waals surface area (Å²) in [5, 5.41) is 7.61. The Morgan fingerprint density at radius 2 is 2.20 bits per heavy atom. The molecule has 0 unspecified atom stereocenters. The molecule has 0 radical (unpaired) electrons. The number of ether oxygens (including phenoxy) is 2. The summed E-state index contributed by atoms with van der Waals surface area (Å²) in [5.41, 5.74) is 1.31. The summed E-state index contributed by atoms with van der Waals surface area (Å²) >= 11 is 0. The van der Waals surface area contributed by atoms with E-state index < -0.39 is 6.04 Å². The summed E-state index contributed by atoms with van der Waals surface area (Å²) in [6.07, 6.45) is 0.560. The highest BCUT2D eigenvalue weighted by Crippen LogP contribution is 2.22. The average Bonchev–Trinajstić information content (AvgIpc) is 3.25. The first-order valence-corrected chi connectivity index (χ1v) is 7.89. The topological polar surface area (TPSA) is 102 Å². The van der Waals surface area contributed by atoms with Crippen molar-refractivity contribution < 1.29 is 18.8 Å². The molecule has 0 aliphatic carbocycles. The molecule has 0 aliphatic heterocycles. The van der Waals surface area contributed by atoms with Crippen LogP contribution in [0.25, 0.3) is 10.9 Å². The monoisotopic (exact) mass is 344 g/mol.